The average molecular weight is 280 g/mol. The van der Waals surface area contributed by atoms with Crippen LogP contribution in [0, 0.1) is 5.92 Å². The summed E-state index contributed by atoms with van der Waals surface area (Å²) in [4.78, 5) is 11.6. The van der Waals surface area contributed by atoms with Gasteiger partial charge in [-0.1, -0.05) is 13.8 Å². The Balaban J connectivity index is 4.38. The van der Waals surface area contributed by atoms with Crippen LogP contribution in [-0.4, -0.2) is 32.6 Å². The Bertz CT molecular complexity index is 371. The fourth-order valence-corrected chi connectivity index (χ4v) is 2.19. The Morgan fingerprint density at radius 3 is 2.11 bits per heavy atom. The van der Waals surface area contributed by atoms with Crippen molar-refractivity contribution in [3.8, 4) is 0 Å². The van der Waals surface area contributed by atoms with Crippen LogP contribution in [0.15, 0.2) is 0 Å². The van der Waals surface area contributed by atoms with E-state index < -0.39 is 27.8 Å². The van der Waals surface area contributed by atoms with Crippen molar-refractivity contribution in [1.82, 2.24) is 9.44 Å². The number of rotatable bonds is 6. The van der Waals surface area contributed by atoms with Gasteiger partial charge in [0.25, 0.3) is 10.2 Å². The maximum atomic E-state index is 11.6. The normalized spacial score (nSPS) is 14.6. The van der Waals surface area contributed by atoms with Crippen molar-refractivity contribution in [2.45, 2.75) is 53.2 Å². The van der Waals surface area contributed by atoms with E-state index >= 15 is 0 Å². The highest BCUT2D eigenvalue weighted by Crippen LogP contribution is 2.08. The lowest BCUT2D eigenvalue weighted by Crippen LogP contribution is -2.47. The van der Waals surface area contributed by atoms with Gasteiger partial charge in [0, 0.05) is 6.54 Å². The summed E-state index contributed by atoms with van der Waals surface area (Å²) in [6.07, 6.45) is 0. The lowest BCUT2D eigenvalue weighted by Gasteiger charge is -2.22. The molecule has 0 unspecified atom stereocenters. The molecule has 0 aromatic carbocycles. The maximum Gasteiger partial charge on any atom is 0.324 e. The first-order valence-corrected chi connectivity index (χ1v) is 7.41. The van der Waals surface area contributed by atoms with Crippen molar-refractivity contribution < 1.29 is 17.9 Å². The van der Waals surface area contributed by atoms with E-state index in [1.165, 1.54) is 6.92 Å². The van der Waals surface area contributed by atoms with Gasteiger partial charge in [-0.15, -0.1) is 0 Å². The van der Waals surface area contributed by atoms with Crippen LogP contribution in [0.2, 0.25) is 0 Å². The van der Waals surface area contributed by atoms with Crippen LogP contribution in [0.25, 0.3) is 0 Å². The summed E-state index contributed by atoms with van der Waals surface area (Å²) in [5, 5.41) is 0. The fourth-order valence-electron chi connectivity index (χ4n) is 0.989. The van der Waals surface area contributed by atoms with Gasteiger partial charge in [0.2, 0.25) is 0 Å². The van der Waals surface area contributed by atoms with Gasteiger partial charge < -0.3 is 4.74 Å². The third-order valence-corrected chi connectivity index (χ3v) is 2.98. The summed E-state index contributed by atoms with van der Waals surface area (Å²) in [6, 6.07) is -0.922. The van der Waals surface area contributed by atoms with E-state index in [0.29, 0.717) is 6.54 Å². The molecule has 0 saturated heterocycles. The van der Waals surface area contributed by atoms with Crippen molar-refractivity contribution in [3.05, 3.63) is 0 Å². The summed E-state index contributed by atoms with van der Waals surface area (Å²) >= 11 is 0. The van der Waals surface area contributed by atoms with Crippen LogP contribution in [0.4, 0.5) is 0 Å². The molecule has 18 heavy (non-hydrogen) atoms. The van der Waals surface area contributed by atoms with Crippen LogP contribution < -0.4 is 9.44 Å². The van der Waals surface area contributed by atoms with Gasteiger partial charge in [0.1, 0.15) is 11.6 Å². The second-order valence-electron chi connectivity index (χ2n) is 5.62. The first-order valence-electron chi connectivity index (χ1n) is 5.93. The molecule has 0 amide bonds. The number of hydrogen-bond donors (Lipinski definition) is 2. The molecule has 0 aromatic heterocycles. The van der Waals surface area contributed by atoms with Crippen LogP contribution >= 0.6 is 0 Å². The zero-order valence-corrected chi connectivity index (χ0v) is 12.7. The van der Waals surface area contributed by atoms with Crippen molar-refractivity contribution >= 4 is 16.2 Å². The maximum absolute atomic E-state index is 11.6. The van der Waals surface area contributed by atoms with Gasteiger partial charge >= 0.3 is 5.97 Å². The minimum absolute atomic E-state index is 0.193. The van der Waals surface area contributed by atoms with E-state index in [0.717, 1.165) is 0 Å². The molecule has 0 aliphatic rings. The molecule has 0 aliphatic carbocycles. The molecule has 1 atom stereocenters. The lowest BCUT2D eigenvalue weighted by atomic mass is 10.2. The van der Waals surface area contributed by atoms with E-state index in [4.69, 9.17) is 4.74 Å². The van der Waals surface area contributed by atoms with Gasteiger partial charge in [0.15, 0.2) is 0 Å². The number of carbonyl (C=O) groups is 1. The van der Waals surface area contributed by atoms with Crippen LogP contribution in [0.5, 0.6) is 0 Å². The van der Waals surface area contributed by atoms with E-state index in [2.05, 4.69) is 9.44 Å². The minimum atomic E-state index is -3.68. The monoisotopic (exact) mass is 280 g/mol. The second kappa shape index (κ2) is 6.49. The first kappa shape index (κ1) is 17.3. The van der Waals surface area contributed by atoms with E-state index in [1.54, 1.807) is 20.8 Å². The molecular formula is C11H24N2O4S. The van der Waals surface area contributed by atoms with Gasteiger partial charge in [-0.25, -0.2) is 4.72 Å². The van der Waals surface area contributed by atoms with E-state index in [-0.39, 0.29) is 5.92 Å². The Labute approximate surface area is 110 Å². The van der Waals surface area contributed by atoms with Crippen molar-refractivity contribution in [1.29, 1.82) is 0 Å². The Morgan fingerprint density at radius 2 is 1.72 bits per heavy atom. The van der Waals surface area contributed by atoms with E-state index in [1.807, 2.05) is 13.8 Å². The molecule has 0 bridgehead atoms. The molecule has 6 nitrogen and oxygen atoms in total. The second-order valence-corrected chi connectivity index (χ2v) is 7.15. The van der Waals surface area contributed by atoms with Crippen molar-refractivity contribution in [2.24, 2.45) is 5.92 Å². The molecule has 0 aromatic rings. The van der Waals surface area contributed by atoms with E-state index in [9.17, 15) is 13.2 Å². The molecule has 2 N–H and O–H groups in total. The summed E-state index contributed by atoms with van der Waals surface area (Å²) in [5.74, 6) is -0.407. The molecule has 108 valence electrons. The summed E-state index contributed by atoms with van der Waals surface area (Å²) < 4.78 is 32.8. The predicted molar refractivity (Wildman–Crippen MR) is 70.2 cm³/mol. The number of carbonyl (C=O) groups excluding carboxylic acids is 1. The Hall–Kier alpha value is -0.660. The number of ether oxygens (including phenoxy) is 1. The van der Waals surface area contributed by atoms with Crippen molar-refractivity contribution in [3.63, 3.8) is 0 Å². The summed E-state index contributed by atoms with van der Waals surface area (Å²) in [6.45, 7) is 10.7. The fraction of sp³-hybridized carbons (Fsp3) is 0.909. The largest absolute Gasteiger partial charge is 0.459 e. The van der Waals surface area contributed by atoms with Gasteiger partial charge in [-0.3, -0.25) is 4.79 Å². The Kier molecular flexibility index (Phi) is 6.25. The van der Waals surface area contributed by atoms with Gasteiger partial charge in [0.05, 0.1) is 0 Å². The highest BCUT2D eigenvalue weighted by Gasteiger charge is 2.25. The highest BCUT2D eigenvalue weighted by molar-refractivity contribution is 7.87. The molecule has 0 fully saturated rings. The lowest BCUT2D eigenvalue weighted by molar-refractivity contribution is -0.156. The van der Waals surface area contributed by atoms with Gasteiger partial charge in [-0.2, -0.15) is 13.1 Å². The SMILES string of the molecule is CC(C)CNS(=O)(=O)N[C@H](C)C(=O)OC(C)(C)C. The molecule has 0 heterocycles. The molecule has 0 aliphatic heterocycles. The quantitative estimate of drug-likeness (QED) is 0.705. The zero-order chi connectivity index (χ0) is 14.6. The topological polar surface area (TPSA) is 84.5 Å². The number of hydrogen-bond acceptors (Lipinski definition) is 4. The molecule has 0 radical (unpaired) electrons. The molecule has 0 saturated carbocycles. The van der Waals surface area contributed by atoms with Crippen LogP contribution in [0.1, 0.15) is 41.5 Å². The highest BCUT2D eigenvalue weighted by atomic mass is 32.2. The number of esters is 1. The smallest absolute Gasteiger partial charge is 0.324 e. The molecule has 0 rings (SSSR count). The van der Waals surface area contributed by atoms with Gasteiger partial charge in [-0.05, 0) is 33.6 Å². The molecular weight excluding hydrogens is 256 g/mol. The molecule has 7 heteroatoms. The third-order valence-electron chi connectivity index (χ3n) is 1.77. The average Bonchev–Trinajstić information content (AvgIpc) is 2.11. The summed E-state index contributed by atoms with van der Waals surface area (Å²) in [5.41, 5.74) is -0.637. The predicted octanol–water partition coefficient (Wildman–Crippen LogP) is 0.797. The summed E-state index contributed by atoms with van der Waals surface area (Å²) in [7, 11) is -3.68. The standard InChI is InChI=1S/C11H24N2O4S/c1-8(2)7-12-18(15,16)13-9(3)10(14)17-11(4,5)6/h8-9,12-13H,7H2,1-6H3/t9-/m1/s1. The third kappa shape index (κ3) is 8.43. The zero-order valence-electron chi connectivity index (χ0n) is 11.9. The molecule has 0 spiro atoms. The first-order chi connectivity index (χ1) is 7.93. The van der Waals surface area contributed by atoms with Crippen molar-refractivity contribution in [2.75, 3.05) is 6.54 Å². The van der Waals surface area contributed by atoms with Crippen LogP contribution in [-0.2, 0) is 19.7 Å². The number of nitrogens with one attached hydrogen (secondary N) is 2. The Morgan fingerprint density at radius 1 is 1.22 bits per heavy atom. The minimum Gasteiger partial charge on any atom is -0.459 e. The van der Waals surface area contributed by atoms with Crippen LogP contribution in [0.3, 0.4) is 0 Å².